The van der Waals surface area contributed by atoms with E-state index in [0.717, 1.165) is 38.8 Å². The van der Waals surface area contributed by atoms with Crippen molar-refractivity contribution in [3.05, 3.63) is 0 Å². The zero-order valence-corrected chi connectivity index (χ0v) is 14.0. The van der Waals surface area contributed by atoms with Crippen LogP contribution in [0.1, 0.15) is 59.3 Å². The molecule has 1 saturated carbocycles. The van der Waals surface area contributed by atoms with Crippen molar-refractivity contribution < 1.29 is 4.79 Å². The Labute approximate surface area is 130 Å². The van der Waals surface area contributed by atoms with Crippen molar-refractivity contribution in [1.82, 2.24) is 4.90 Å². The van der Waals surface area contributed by atoms with E-state index in [4.69, 9.17) is 5.73 Å². The molecule has 0 aromatic carbocycles. The Bertz CT molecular complexity index is 326. The minimum absolute atomic E-state index is 0. The molecule has 0 aromatic heterocycles. The molecule has 1 saturated heterocycles. The Morgan fingerprint density at radius 3 is 2.40 bits per heavy atom. The highest BCUT2D eigenvalue weighted by atomic mass is 35.5. The molecule has 118 valence electrons. The van der Waals surface area contributed by atoms with Crippen molar-refractivity contribution in [2.24, 2.45) is 23.0 Å². The molecule has 1 heterocycles. The van der Waals surface area contributed by atoms with Gasteiger partial charge in [-0.15, -0.1) is 12.4 Å². The molecule has 1 amide bonds. The summed E-state index contributed by atoms with van der Waals surface area (Å²) in [4.78, 5) is 15.0. The van der Waals surface area contributed by atoms with Gasteiger partial charge in [0.1, 0.15) is 0 Å². The van der Waals surface area contributed by atoms with Gasteiger partial charge in [0.05, 0.1) is 0 Å². The molecule has 2 fully saturated rings. The summed E-state index contributed by atoms with van der Waals surface area (Å²) in [6.07, 6.45) is 6.79. The quantitative estimate of drug-likeness (QED) is 0.867. The number of likely N-dealkylation sites (tertiary alicyclic amines) is 1. The van der Waals surface area contributed by atoms with E-state index in [1.54, 1.807) is 0 Å². The normalized spacial score (nSPS) is 26.6. The third-order valence-electron chi connectivity index (χ3n) is 5.05. The van der Waals surface area contributed by atoms with Crippen molar-refractivity contribution in [1.29, 1.82) is 0 Å². The molecule has 0 bridgehead atoms. The first-order valence-corrected chi connectivity index (χ1v) is 7.99. The van der Waals surface area contributed by atoms with Crippen LogP contribution in [0.15, 0.2) is 0 Å². The second-order valence-corrected chi connectivity index (χ2v) is 7.24. The first kappa shape index (κ1) is 17.8. The molecule has 4 heteroatoms. The SMILES string of the molecule is CC(C)CC1(C(=O)N2CCCC(C(C)N)C2)CCC1.Cl. The van der Waals surface area contributed by atoms with E-state index in [1.807, 2.05) is 0 Å². The lowest BCUT2D eigenvalue weighted by Gasteiger charge is -2.47. The lowest BCUT2D eigenvalue weighted by atomic mass is 9.63. The minimum Gasteiger partial charge on any atom is -0.342 e. The van der Waals surface area contributed by atoms with E-state index in [1.165, 1.54) is 12.8 Å². The van der Waals surface area contributed by atoms with Gasteiger partial charge in [-0.05, 0) is 50.9 Å². The summed E-state index contributed by atoms with van der Waals surface area (Å²) >= 11 is 0. The number of rotatable bonds is 4. The Morgan fingerprint density at radius 1 is 1.30 bits per heavy atom. The maximum atomic E-state index is 12.9. The lowest BCUT2D eigenvalue weighted by molar-refractivity contribution is -0.151. The Kier molecular flexibility index (Phi) is 6.33. The monoisotopic (exact) mass is 302 g/mol. The number of carbonyl (C=O) groups excluding carboxylic acids is 1. The van der Waals surface area contributed by atoms with E-state index in [-0.39, 0.29) is 23.9 Å². The van der Waals surface area contributed by atoms with Gasteiger partial charge in [0.2, 0.25) is 5.91 Å². The van der Waals surface area contributed by atoms with Crippen LogP contribution in [0.25, 0.3) is 0 Å². The second-order valence-electron chi connectivity index (χ2n) is 7.24. The minimum atomic E-state index is -0.0199. The molecule has 1 aliphatic carbocycles. The Balaban J connectivity index is 0.00000200. The maximum absolute atomic E-state index is 12.9. The fourth-order valence-corrected chi connectivity index (χ4v) is 3.85. The fourth-order valence-electron chi connectivity index (χ4n) is 3.85. The molecule has 1 aliphatic heterocycles. The topological polar surface area (TPSA) is 46.3 Å². The van der Waals surface area contributed by atoms with Crippen molar-refractivity contribution in [3.63, 3.8) is 0 Å². The lowest BCUT2D eigenvalue weighted by Crippen LogP contribution is -2.53. The van der Waals surface area contributed by atoms with Gasteiger partial charge in [-0.1, -0.05) is 20.3 Å². The van der Waals surface area contributed by atoms with Gasteiger partial charge in [0.25, 0.3) is 0 Å². The van der Waals surface area contributed by atoms with Crippen LogP contribution in [0.4, 0.5) is 0 Å². The van der Waals surface area contributed by atoms with Crippen LogP contribution in [-0.4, -0.2) is 29.9 Å². The van der Waals surface area contributed by atoms with E-state index >= 15 is 0 Å². The molecule has 3 nitrogen and oxygen atoms in total. The predicted octanol–water partition coefficient (Wildman–Crippen LogP) is 3.21. The zero-order valence-electron chi connectivity index (χ0n) is 13.2. The number of hydrogen-bond acceptors (Lipinski definition) is 2. The van der Waals surface area contributed by atoms with E-state index in [2.05, 4.69) is 25.7 Å². The zero-order chi connectivity index (χ0) is 14.0. The average molecular weight is 303 g/mol. The first-order chi connectivity index (χ1) is 8.94. The van der Waals surface area contributed by atoms with Crippen LogP contribution >= 0.6 is 12.4 Å². The third-order valence-corrected chi connectivity index (χ3v) is 5.05. The van der Waals surface area contributed by atoms with Gasteiger partial charge < -0.3 is 10.6 Å². The largest absolute Gasteiger partial charge is 0.342 e. The van der Waals surface area contributed by atoms with Gasteiger partial charge in [-0.2, -0.15) is 0 Å². The van der Waals surface area contributed by atoms with Crippen LogP contribution in [0, 0.1) is 17.3 Å². The van der Waals surface area contributed by atoms with E-state index in [9.17, 15) is 4.79 Å². The second kappa shape index (κ2) is 7.13. The first-order valence-electron chi connectivity index (χ1n) is 7.99. The maximum Gasteiger partial charge on any atom is 0.228 e. The molecule has 2 aliphatic rings. The molecule has 0 aromatic rings. The van der Waals surface area contributed by atoms with E-state index in [0.29, 0.717) is 17.7 Å². The van der Waals surface area contributed by atoms with Crippen molar-refractivity contribution in [2.75, 3.05) is 13.1 Å². The van der Waals surface area contributed by atoms with Crippen molar-refractivity contribution >= 4 is 18.3 Å². The summed E-state index contributed by atoms with van der Waals surface area (Å²) < 4.78 is 0. The molecule has 20 heavy (non-hydrogen) atoms. The molecule has 2 unspecified atom stereocenters. The van der Waals surface area contributed by atoms with Crippen LogP contribution in [0.2, 0.25) is 0 Å². The molecule has 2 atom stereocenters. The molecular weight excluding hydrogens is 272 g/mol. The standard InChI is InChI=1S/C16H30N2O.ClH/c1-12(2)10-16(7-5-8-16)15(19)18-9-4-6-14(11-18)13(3)17;/h12-14H,4-11,17H2,1-3H3;1H. The number of amides is 1. The van der Waals surface area contributed by atoms with Crippen molar-refractivity contribution in [2.45, 2.75) is 65.3 Å². The van der Waals surface area contributed by atoms with Crippen LogP contribution in [0.3, 0.4) is 0 Å². The smallest absolute Gasteiger partial charge is 0.228 e. The summed E-state index contributed by atoms with van der Waals surface area (Å²) in [5, 5.41) is 0. The summed E-state index contributed by atoms with van der Waals surface area (Å²) in [6, 6.07) is 0.207. The van der Waals surface area contributed by atoms with Crippen LogP contribution in [0.5, 0.6) is 0 Å². The average Bonchev–Trinajstić information content (AvgIpc) is 2.33. The number of carbonyl (C=O) groups is 1. The van der Waals surface area contributed by atoms with Crippen LogP contribution < -0.4 is 5.73 Å². The molecule has 0 radical (unpaired) electrons. The number of nitrogens with zero attached hydrogens (tertiary/aromatic N) is 1. The highest BCUT2D eigenvalue weighted by Gasteiger charge is 2.46. The molecule has 2 N–H and O–H groups in total. The van der Waals surface area contributed by atoms with Gasteiger partial charge in [-0.25, -0.2) is 0 Å². The summed E-state index contributed by atoms with van der Waals surface area (Å²) in [6.45, 7) is 8.37. The highest BCUT2D eigenvalue weighted by Crippen LogP contribution is 2.47. The summed E-state index contributed by atoms with van der Waals surface area (Å²) in [7, 11) is 0. The fraction of sp³-hybridized carbons (Fsp3) is 0.938. The number of piperidine rings is 1. The van der Waals surface area contributed by atoms with Gasteiger partial charge in [0, 0.05) is 24.5 Å². The van der Waals surface area contributed by atoms with Gasteiger partial charge >= 0.3 is 0 Å². The predicted molar refractivity (Wildman–Crippen MR) is 85.9 cm³/mol. The Hall–Kier alpha value is -0.280. The third kappa shape index (κ3) is 3.67. The summed E-state index contributed by atoms with van der Waals surface area (Å²) in [5.74, 6) is 1.53. The Morgan fingerprint density at radius 2 is 1.95 bits per heavy atom. The molecular formula is C16H31ClN2O. The van der Waals surface area contributed by atoms with Gasteiger partial charge in [-0.3, -0.25) is 4.79 Å². The van der Waals surface area contributed by atoms with Crippen molar-refractivity contribution in [3.8, 4) is 0 Å². The summed E-state index contributed by atoms with van der Waals surface area (Å²) in [5.41, 5.74) is 6.01. The molecule has 2 rings (SSSR count). The van der Waals surface area contributed by atoms with Gasteiger partial charge in [0.15, 0.2) is 0 Å². The van der Waals surface area contributed by atoms with E-state index < -0.39 is 0 Å². The number of hydrogen-bond donors (Lipinski definition) is 1. The number of nitrogens with two attached hydrogens (primary N) is 1. The number of halogens is 1. The van der Waals surface area contributed by atoms with Crippen LogP contribution in [-0.2, 0) is 4.79 Å². The molecule has 0 spiro atoms. The highest BCUT2D eigenvalue weighted by molar-refractivity contribution is 5.85.